The molecule has 6 heteroatoms. The van der Waals surface area contributed by atoms with Crippen LogP contribution in [-0.4, -0.2) is 67.5 Å². The van der Waals surface area contributed by atoms with Crippen LogP contribution in [0.1, 0.15) is 39.5 Å². The second-order valence-electron chi connectivity index (χ2n) is 7.78. The fourth-order valence-electron chi connectivity index (χ4n) is 3.54. The fraction of sp³-hybridized carbons (Fsp3) is 0.636. The van der Waals surface area contributed by atoms with Gasteiger partial charge in [-0.1, -0.05) is 31.5 Å². The highest BCUT2D eigenvalue weighted by molar-refractivity contribution is 5.80. The zero-order valence-corrected chi connectivity index (χ0v) is 17.5. The number of hydrogen-bond donors (Lipinski definition) is 1. The Labute approximate surface area is 169 Å². The normalized spacial score (nSPS) is 16.1. The van der Waals surface area contributed by atoms with Crippen LogP contribution in [0, 0.1) is 5.92 Å². The Balaban J connectivity index is 1.67. The van der Waals surface area contributed by atoms with Gasteiger partial charge in [0.2, 0.25) is 5.91 Å². The van der Waals surface area contributed by atoms with Crippen LogP contribution in [0.25, 0.3) is 0 Å². The van der Waals surface area contributed by atoms with E-state index in [-0.39, 0.29) is 30.4 Å². The van der Waals surface area contributed by atoms with Crippen LogP contribution in [0.3, 0.4) is 0 Å². The lowest BCUT2D eigenvalue weighted by atomic mass is 9.95. The molecule has 0 saturated carbocycles. The molecule has 0 spiro atoms. The molecule has 1 saturated heterocycles. The number of nitrogens with one attached hydrogen (secondary N) is 1. The number of carbonyl (C=O) groups is 2. The molecular weight excluding hydrogens is 354 g/mol. The molecule has 0 aliphatic carbocycles. The minimum Gasteiger partial charge on any atom is -0.484 e. The maximum Gasteiger partial charge on any atom is 0.260 e. The van der Waals surface area contributed by atoms with Gasteiger partial charge in [0, 0.05) is 31.6 Å². The summed E-state index contributed by atoms with van der Waals surface area (Å²) in [6.07, 6.45) is 3.78. The topological polar surface area (TPSA) is 61.9 Å². The molecule has 2 rings (SSSR count). The van der Waals surface area contributed by atoms with Gasteiger partial charge in [-0.15, -0.1) is 0 Å². The number of ether oxygens (including phenoxy) is 1. The van der Waals surface area contributed by atoms with E-state index in [2.05, 4.69) is 31.1 Å². The van der Waals surface area contributed by atoms with Gasteiger partial charge in [0.15, 0.2) is 6.61 Å². The molecule has 1 aromatic carbocycles. The summed E-state index contributed by atoms with van der Waals surface area (Å²) in [7, 11) is 2.10. The van der Waals surface area contributed by atoms with Gasteiger partial charge in [-0.2, -0.15) is 0 Å². The van der Waals surface area contributed by atoms with Crippen molar-refractivity contribution in [1.29, 1.82) is 0 Å². The van der Waals surface area contributed by atoms with Crippen molar-refractivity contribution in [1.82, 2.24) is 15.1 Å². The van der Waals surface area contributed by atoms with Crippen molar-refractivity contribution in [2.75, 3.05) is 39.8 Å². The molecule has 0 aromatic heterocycles. The van der Waals surface area contributed by atoms with Gasteiger partial charge in [-0.3, -0.25) is 9.59 Å². The first-order valence-corrected chi connectivity index (χ1v) is 10.4. The van der Waals surface area contributed by atoms with Gasteiger partial charge in [0.1, 0.15) is 5.75 Å². The molecule has 1 aliphatic rings. The summed E-state index contributed by atoms with van der Waals surface area (Å²) in [5.74, 6) is 0.781. The Morgan fingerprint density at radius 2 is 1.93 bits per heavy atom. The molecule has 1 aliphatic heterocycles. The Morgan fingerprint density at radius 1 is 1.25 bits per heavy atom. The van der Waals surface area contributed by atoms with E-state index in [1.165, 1.54) is 12.8 Å². The van der Waals surface area contributed by atoms with Crippen LogP contribution in [-0.2, 0) is 9.59 Å². The van der Waals surface area contributed by atoms with E-state index in [1.54, 1.807) is 4.90 Å². The Kier molecular flexibility index (Phi) is 9.28. The largest absolute Gasteiger partial charge is 0.484 e. The van der Waals surface area contributed by atoms with Crippen LogP contribution in [0.2, 0.25) is 0 Å². The van der Waals surface area contributed by atoms with Crippen molar-refractivity contribution in [2.45, 2.75) is 45.6 Å². The number of likely N-dealkylation sites (N-methyl/N-ethyl adjacent to an activating group) is 1. The molecule has 6 nitrogen and oxygen atoms in total. The molecule has 1 aromatic rings. The van der Waals surface area contributed by atoms with E-state index in [0.29, 0.717) is 31.7 Å². The van der Waals surface area contributed by atoms with Crippen molar-refractivity contribution >= 4 is 11.8 Å². The number of piperidine rings is 1. The zero-order valence-electron chi connectivity index (χ0n) is 17.5. The second kappa shape index (κ2) is 11.7. The van der Waals surface area contributed by atoms with E-state index in [4.69, 9.17) is 4.74 Å². The van der Waals surface area contributed by atoms with Crippen molar-refractivity contribution in [3.63, 3.8) is 0 Å². The third-order valence-electron chi connectivity index (χ3n) is 5.19. The molecule has 156 valence electrons. The van der Waals surface area contributed by atoms with Gasteiger partial charge >= 0.3 is 0 Å². The molecule has 2 amide bonds. The van der Waals surface area contributed by atoms with Crippen LogP contribution in [0.5, 0.6) is 5.75 Å². The first-order valence-electron chi connectivity index (χ1n) is 10.4. The molecule has 0 bridgehead atoms. The molecule has 28 heavy (non-hydrogen) atoms. The van der Waals surface area contributed by atoms with Crippen LogP contribution < -0.4 is 10.1 Å². The minimum absolute atomic E-state index is 0.0116. The summed E-state index contributed by atoms with van der Waals surface area (Å²) in [5.41, 5.74) is 0. The highest BCUT2D eigenvalue weighted by Crippen LogP contribution is 2.18. The Hall–Kier alpha value is -2.08. The van der Waals surface area contributed by atoms with Gasteiger partial charge in [-0.25, -0.2) is 0 Å². The highest BCUT2D eigenvalue weighted by atomic mass is 16.5. The van der Waals surface area contributed by atoms with E-state index in [1.807, 2.05) is 30.3 Å². The lowest BCUT2D eigenvalue weighted by Gasteiger charge is -2.32. The van der Waals surface area contributed by atoms with Crippen molar-refractivity contribution in [3.05, 3.63) is 30.3 Å². The number of likely N-dealkylation sites (tertiary alicyclic amines) is 1. The van der Waals surface area contributed by atoms with E-state index >= 15 is 0 Å². The van der Waals surface area contributed by atoms with Gasteiger partial charge in [0.05, 0.1) is 0 Å². The minimum atomic E-state index is -0.0198. The summed E-state index contributed by atoms with van der Waals surface area (Å²) >= 11 is 0. The molecule has 1 heterocycles. The lowest BCUT2D eigenvalue weighted by molar-refractivity contribution is -0.137. The fourth-order valence-corrected chi connectivity index (χ4v) is 3.54. The standard InChI is InChI=1S/C22H35N3O3/c1-4-5-13-24(3)16-18(2)23-22(27)19-11-14-25(15-12-19)21(26)17-28-20-9-7-6-8-10-20/h6-10,18-19H,4-5,11-17H2,1-3H3,(H,23,27). The molecule has 1 unspecified atom stereocenters. The number of para-hydroxylation sites is 1. The maximum absolute atomic E-state index is 12.5. The van der Waals surface area contributed by atoms with Crippen LogP contribution >= 0.6 is 0 Å². The van der Waals surface area contributed by atoms with Crippen molar-refractivity contribution < 1.29 is 14.3 Å². The first-order chi connectivity index (χ1) is 13.5. The number of unbranched alkanes of at least 4 members (excludes halogenated alkanes) is 1. The molecule has 1 atom stereocenters. The number of benzene rings is 1. The third kappa shape index (κ3) is 7.50. The van der Waals surface area contributed by atoms with Crippen LogP contribution in [0.4, 0.5) is 0 Å². The second-order valence-corrected chi connectivity index (χ2v) is 7.78. The summed E-state index contributed by atoms with van der Waals surface area (Å²) in [5, 5.41) is 3.14. The van der Waals surface area contributed by atoms with Gasteiger partial charge in [0.25, 0.3) is 5.91 Å². The van der Waals surface area contributed by atoms with E-state index in [9.17, 15) is 9.59 Å². The average Bonchev–Trinajstić information content (AvgIpc) is 2.71. The van der Waals surface area contributed by atoms with Crippen LogP contribution in [0.15, 0.2) is 30.3 Å². The van der Waals surface area contributed by atoms with E-state index in [0.717, 1.165) is 13.1 Å². The van der Waals surface area contributed by atoms with Crippen molar-refractivity contribution in [3.8, 4) is 5.75 Å². The smallest absolute Gasteiger partial charge is 0.260 e. The SMILES string of the molecule is CCCCN(C)CC(C)NC(=O)C1CCN(C(=O)COc2ccccc2)CC1. The number of amides is 2. The zero-order chi connectivity index (χ0) is 20.4. The highest BCUT2D eigenvalue weighted by Gasteiger charge is 2.28. The number of hydrogen-bond acceptors (Lipinski definition) is 4. The van der Waals surface area contributed by atoms with Crippen molar-refractivity contribution in [2.24, 2.45) is 5.92 Å². The van der Waals surface area contributed by atoms with E-state index < -0.39 is 0 Å². The monoisotopic (exact) mass is 389 g/mol. The summed E-state index contributed by atoms with van der Waals surface area (Å²) in [6, 6.07) is 9.48. The van der Waals surface area contributed by atoms with Gasteiger partial charge in [-0.05, 0) is 51.9 Å². The Morgan fingerprint density at radius 3 is 2.57 bits per heavy atom. The molecule has 0 radical (unpaired) electrons. The number of carbonyl (C=O) groups excluding carboxylic acids is 2. The summed E-state index contributed by atoms with van der Waals surface area (Å²) in [6.45, 7) is 7.42. The molecule has 1 fully saturated rings. The third-order valence-corrected chi connectivity index (χ3v) is 5.19. The van der Waals surface area contributed by atoms with Gasteiger partial charge < -0.3 is 19.9 Å². The number of rotatable bonds is 10. The summed E-state index contributed by atoms with van der Waals surface area (Å²) < 4.78 is 5.54. The predicted molar refractivity (Wildman–Crippen MR) is 111 cm³/mol. The number of nitrogens with zero attached hydrogens (tertiary/aromatic N) is 2. The quantitative estimate of drug-likeness (QED) is 0.668. The predicted octanol–water partition coefficient (Wildman–Crippen LogP) is 2.54. The maximum atomic E-state index is 12.5. The molecule has 1 N–H and O–H groups in total. The Bertz CT molecular complexity index is 600. The summed E-state index contributed by atoms with van der Waals surface area (Å²) in [4.78, 5) is 28.9. The first kappa shape index (κ1) is 22.2. The average molecular weight is 390 g/mol. The lowest BCUT2D eigenvalue weighted by Crippen LogP contribution is -2.47. The molecular formula is C22H35N3O3.